The summed E-state index contributed by atoms with van der Waals surface area (Å²) in [6.45, 7) is 6.74. The van der Waals surface area contributed by atoms with E-state index in [0.29, 0.717) is 6.54 Å². The van der Waals surface area contributed by atoms with Crippen LogP contribution in [0, 0.1) is 20.8 Å². The van der Waals surface area contributed by atoms with Crippen LogP contribution in [0.2, 0.25) is 0 Å². The standard InChI is InChI=1S/C10H15N.CH2O2/c1-7-4-8(2)10(6-11)9(3)5-7;2-1-3/h4-5H,6,11H2,1-3H3;1H,(H,2,3). The Balaban J connectivity index is 0.000000500. The first-order valence-corrected chi connectivity index (χ1v) is 4.41. The lowest BCUT2D eigenvalue weighted by atomic mass is 10.0. The number of rotatable bonds is 1. The zero-order valence-corrected chi connectivity index (χ0v) is 8.87. The number of aryl methyl sites for hydroxylation is 3. The van der Waals surface area contributed by atoms with Gasteiger partial charge in [-0.15, -0.1) is 0 Å². The van der Waals surface area contributed by atoms with Gasteiger partial charge in [0.1, 0.15) is 0 Å². The van der Waals surface area contributed by atoms with Crippen LogP contribution in [-0.2, 0) is 11.3 Å². The highest BCUT2D eigenvalue weighted by Crippen LogP contribution is 2.14. The van der Waals surface area contributed by atoms with Gasteiger partial charge in [-0.25, -0.2) is 0 Å². The van der Waals surface area contributed by atoms with Crippen LogP contribution < -0.4 is 5.73 Å². The summed E-state index contributed by atoms with van der Waals surface area (Å²) in [6.07, 6.45) is 0. The first kappa shape index (κ1) is 12.7. The highest BCUT2D eigenvalue weighted by Gasteiger charge is 1.99. The van der Waals surface area contributed by atoms with Gasteiger partial charge >= 0.3 is 0 Å². The van der Waals surface area contributed by atoms with E-state index in [9.17, 15) is 0 Å². The lowest BCUT2D eigenvalue weighted by Crippen LogP contribution is -2.02. The third-order valence-electron chi connectivity index (χ3n) is 2.04. The summed E-state index contributed by atoms with van der Waals surface area (Å²) in [7, 11) is 0. The summed E-state index contributed by atoms with van der Waals surface area (Å²) < 4.78 is 0. The molecule has 0 aliphatic carbocycles. The van der Waals surface area contributed by atoms with E-state index in [-0.39, 0.29) is 6.47 Å². The van der Waals surface area contributed by atoms with Crippen molar-refractivity contribution in [3.05, 3.63) is 34.4 Å². The molecule has 0 fully saturated rings. The van der Waals surface area contributed by atoms with Crippen LogP contribution in [0.5, 0.6) is 0 Å². The van der Waals surface area contributed by atoms with E-state index in [4.69, 9.17) is 15.6 Å². The largest absolute Gasteiger partial charge is 0.483 e. The van der Waals surface area contributed by atoms with Crippen molar-refractivity contribution in [2.24, 2.45) is 5.73 Å². The molecule has 3 nitrogen and oxygen atoms in total. The van der Waals surface area contributed by atoms with Crippen LogP contribution in [0.3, 0.4) is 0 Å². The van der Waals surface area contributed by atoms with Gasteiger partial charge in [-0.1, -0.05) is 17.7 Å². The Hall–Kier alpha value is -1.35. The first-order valence-electron chi connectivity index (χ1n) is 4.41. The number of hydrogen-bond donors (Lipinski definition) is 2. The maximum atomic E-state index is 8.36. The Morgan fingerprint density at radius 2 is 1.64 bits per heavy atom. The third kappa shape index (κ3) is 3.58. The van der Waals surface area contributed by atoms with Crippen LogP contribution in [0.1, 0.15) is 22.3 Å². The van der Waals surface area contributed by atoms with E-state index in [1.807, 2.05) is 0 Å². The number of nitrogens with two attached hydrogens (primary N) is 1. The molecule has 3 N–H and O–H groups in total. The lowest BCUT2D eigenvalue weighted by molar-refractivity contribution is -0.122. The maximum Gasteiger partial charge on any atom is 0.290 e. The average Bonchev–Trinajstić information content (AvgIpc) is 2.04. The number of hydrogen-bond acceptors (Lipinski definition) is 2. The molecule has 0 aliphatic rings. The SMILES string of the molecule is Cc1cc(C)c(CN)c(C)c1.O=CO. The van der Waals surface area contributed by atoms with Crippen LogP contribution in [0.25, 0.3) is 0 Å². The predicted molar refractivity (Wildman–Crippen MR) is 57.2 cm³/mol. The highest BCUT2D eigenvalue weighted by atomic mass is 16.3. The minimum atomic E-state index is -0.250. The van der Waals surface area contributed by atoms with Gasteiger partial charge in [-0.3, -0.25) is 4.79 Å². The number of benzene rings is 1. The lowest BCUT2D eigenvalue weighted by Gasteiger charge is -2.07. The summed E-state index contributed by atoms with van der Waals surface area (Å²) in [4.78, 5) is 8.36. The second kappa shape index (κ2) is 6.16. The van der Waals surface area contributed by atoms with Gasteiger partial charge in [-0.05, 0) is 37.5 Å². The molecule has 78 valence electrons. The molecule has 1 aromatic rings. The Bertz CT molecular complexity index is 285. The van der Waals surface area contributed by atoms with Crippen molar-refractivity contribution in [3.8, 4) is 0 Å². The summed E-state index contributed by atoms with van der Waals surface area (Å²) in [5.74, 6) is 0. The van der Waals surface area contributed by atoms with Crippen LogP contribution in [0.15, 0.2) is 12.1 Å². The normalized spacial score (nSPS) is 8.86. The molecule has 0 amide bonds. The van der Waals surface area contributed by atoms with E-state index >= 15 is 0 Å². The van der Waals surface area contributed by atoms with E-state index in [1.54, 1.807) is 0 Å². The van der Waals surface area contributed by atoms with Crippen molar-refractivity contribution < 1.29 is 9.90 Å². The third-order valence-corrected chi connectivity index (χ3v) is 2.04. The van der Waals surface area contributed by atoms with E-state index < -0.39 is 0 Å². The number of carboxylic acid groups (broad SMARTS) is 1. The molecule has 0 heterocycles. The van der Waals surface area contributed by atoms with Gasteiger partial charge in [0.2, 0.25) is 0 Å². The van der Waals surface area contributed by atoms with Crippen molar-refractivity contribution in [1.82, 2.24) is 0 Å². The quantitative estimate of drug-likeness (QED) is 0.671. The Morgan fingerprint density at radius 3 is 1.93 bits per heavy atom. The molecule has 0 unspecified atom stereocenters. The molecule has 0 aromatic heterocycles. The number of carbonyl (C=O) groups is 1. The van der Waals surface area contributed by atoms with Gasteiger partial charge in [0.05, 0.1) is 0 Å². The fraction of sp³-hybridized carbons (Fsp3) is 0.364. The summed E-state index contributed by atoms with van der Waals surface area (Å²) in [5.41, 5.74) is 10.8. The molecule has 14 heavy (non-hydrogen) atoms. The molecule has 0 saturated heterocycles. The Kier molecular flexibility index (Phi) is 5.56. The van der Waals surface area contributed by atoms with Crippen LogP contribution in [0.4, 0.5) is 0 Å². The van der Waals surface area contributed by atoms with Gasteiger partial charge in [0, 0.05) is 6.54 Å². The van der Waals surface area contributed by atoms with Gasteiger partial charge in [0.25, 0.3) is 6.47 Å². The maximum absolute atomic E-state index is 8.36. The zero-order valence-electron chi connectivity index (χ0n) is 8.87. The molecule has 0 saturated carbocycles. The second-order valence-electron chi connectivity index (χ2n) is 3.19. The minimum Gasteiger partial charge on any atom is -0.483 e. The smallest absolute Gasteiger partial charge is 0.290 e. The second-order valence-corrected chi connectivity index (χ2v) is 3.19. The molecular weight excluding hydrogens is 178 g/mol. The average molecular weight is 195 g/mol. The molecule has 1 rings (SSSR count). The molecule has 0 radical (unpaired) electrons. The summed E-state index contributed by atoms with van der Waals surface area (Å²) >= 11 is 0. The van der Waals surface area contributed by atoms with Gasteiger partial charge < -0.3 is 10.8 Å². The van der Waals surface area contributed by atoms with Crippen molar-refractivity contribution in [1.29, 1.82) is 0 Å². The van der Waals surface area contributed by atoms with Crippen molar-refractivity contribution in [3.63, 3.8) is 0 Å². The minimum absolute atomic E-state index is 0.250. The highest BCUT2D eigenvalue weighted by molar-refractivity contribution is 5.37. The predicted octanol–water partition coefficient (Wildman–Crippen LogP) is 1.77. The van der Waals surface area contributed by atoms with Crippen LogP contribution in [-0.4, -0.2) is 11.6 Å². The van der Waals surface area contributed by atoms with Crippen molar-refractivity contribution in [2.45, 2.75) is 27.3 Å². The summed E-state index contributed by atoms with van der Waals surface area (Å²) in [5, 5.41) is 6.89. The first-order chi connectivity index (χ1) is 6.56. The molecule has 3 heteroatoms. The Labute approximate surface area is 84.6 Å². The summed E-state index contributed by atoms with van der Waals surface area (Å²) in [6, 6.07) is 4.35. The molecule has 1 aromatic carbocycles. The molecule has 0 atom stereocenters. The van der Waals surface area contributed by atoms with Crippen molar-refractivity contribution in [2.75, 3.05) is 0 Å². The Morgan fingerprint density at radius 1 is 1.29 bits per heavy atom. The van der Waals surface area contributed by atoms with Crippen molar-refractivity contribution >= 4 is 6.47 Å². The topological polar surface area (TPSA) is 63.3 Å². The monoisotopic (exact) mass is 195 g/mol. The fourth-order valence-corrected chi connectivity index (χ4v) is 1.53. The fourth-order valence-electron chi connectivity index (χ4n) is 1.53. The van der Waals surface area contributed by atoms with E-state index in [0.717, 1.165) is 0 Å². The van der Waals surface area contributed by atoms with E-state index in [1.165, 1.54) is 22.3 Å². The molecular formula is C11H17NO2. The van der Waals surface area contributed by atoms with E-state index in [2.05, 4.69) is 32.9 Å². The molecule has 0 spiro atoms. The molecule has 0 bridgehead atoms. The van der Waals surface area contributed by atoms with Gasteiger partial charge in [-0.2, -0.15) is 0 Å². The molecule has 0 aliphatic heterocycles. The zero-order chi connectivity index (χ0) is 11.1. The van der Waals surface area contributed by atoms with Crippen LogP contribution >= 0.6 is 0 Å². The van der Waals surface area contributed by atoms with Gasteiger partial charge in [0.15, 0.2) is 0 Å².